The Morgan fingerprint density at radius 1 is 0.327 bits per heavy atom. The molecule has 55 heavy (non-hydrogen) atoms. The van der Waals surface area contributed by atoms with Crippen LogP contribution in [0.15, 0.2) is 206 Å². The van der Waals surface area contributed by atoms with Crippen molar-refractivity contribution in [3.8, 4) is 0 Å². The van der Waals surface area contributed by atoms with Crippen molar-refractivity contribution in [2.45, 2.75) is 13.1 Å². The molecule has 6 aromatic carbocycles. The number of allylic oxidation sites excluding steroid dienone is 2. The van der Waals surface area contributed by atoms with Crippen LogP contribution in [0.25, 0.3) is 21.5 Å². The number of hydrogen-bond donors (Lipinski definition) is 0. The van der Waals surface area contributed by atoms with Gasteiger partial charge in [0, 0.05) is 19.0 Å². The smallest absolute Gasteiger partial charge is 0.117 e. The summed E-state index contributed by atoms with van der Waals surface area (Å²) >= 11 is 4.03. The SMILES string of the molecule is C[Si]1(C)C(c2ccc(P(c3ccccc3)c3ccccc3)s2)=C(c2ccccc2)C(c2ccccc2)=C1c1ccc(P(c2ccccc2)c2ccccc2)s1. The molecule has 0 spiro atoms. The maximum atomic E-state index is 2.60. The highest BCUT2D eigenvalue weighted by atomic mass is 32.1. The van der Waals surface area contributed by atoms with Crippen LogP contribution >= 0.6 is 38.5 Å². The summed E-state index contributed by atoms with van der Waals surface area (Å²) in [6, 6.07) is 76.6. The summed E-state index contributed by atoms with van der Waals surface area (Å²) in [6.07, 6.45) is 0. The molecule has 0 N–H and O–H groups in total. The topological polar surface area (TPSA) is 0 Å². The van der Waals surface area contributed by atoms with Gasteiger partial charge in [0.1, 0.15) is 8.07 Å². The van der Waals surface area contributed by atoms with Gasteiger partial charge in [-0.25, -0.2) is 0 Å². The van der Waals surface area contributed by atoms with Gasteiger partial charge in [-0.1, -0.05) is 195 Å². The third kappa shape index (κ3) is 7.02. The van der Waals surface area contributed by atoms with E-state index in [1.54, 1.807) is 10.4 Å². The van der Waals surface area contributed by atoms with Crippen LogP contribution in [-0.2, 0) is 0 Å². The minimum Gasteiger partial charge on any atom is -0.135 e. The predicted octanol–water partition coefficient (Wildman–Crippen LogP) is 11.6. The Balaban J connectivity index is 1.25. The first-order valence-corrected chi connectivity index (χ1v) is 26.0. The molecule has 266 valence electrons. The molecule has 0 amide bonds. The van der Waals surface area contributed by atoms with Gasteiger partial charge in [0.2, 0.25) is 0 Å². The minimum atomic E-state index is -2.34. The molecule has 3 heterocycles. The van der Waals surface area contributed by atoms with Crippen LogP contribution in [-0.4, -0.2) is 8.07 Å². The molecule has 0 atom stereocenters. The van der Waals surface area contributed by atoms with E-state index in [-0.39, 0.29) is 0 Å². The maximum absolute atomic E-state index is 2.60. The normalized spacial score (nSPS) is 14.0. The Labute approximate surface area is 336 Å². The fourth-order valence-corrected chi connectivity index (χ4v) is 21.1. The average Bonchev–Trinajstić information content (AvgIpc) is 3.97. The highest BCUT2D eigenvalue weighted by molar-refractivity contribution is 7.84. The molecular formula is C50H40P2S2Si. The molecule has 0 saturated heterocycles. The molecule has 0 unspecified atom stereocenters. The van der Waals surface area contributed by atoms with E-state index in [1.807, 2.05) is 22.7 Å². The zero-order valence-electron chi connectivity index (χ0n) is 30.8. The van der Waals surface area contributed by atoms with Crippen molar-refractivity contribution in [2.75, 3.05) is 0 Å². The van der Waals surface area contributed by atoms with E-state index in [1.165, 1.54) is 62.5 Å². The van der Waals surface area contributed by atoms with Gasteiger partial charge >= 0.3 is 0 Å². The summed E-state index contributed by atoms with van der Waals surface area (Å²) in [7, 11) is -3.73. The minimum absolute atomic E-state index is 0.695. The van der Waals surface area contributed by atoms with E-state index in [0.29, 0.717) is 0 Å². The van der Waals surface area contributed by atoms with Crippen molar-refractivity contribution in [3.63, 3.8) is 0 Å². The second kappa shape index (κ2) is 15.8. The van der Waals surface area contributed by atoms with Gasteiger partial charge in [-0.3, -0.25) is 0 Å². The van der Waals surface area contributed by atoms with Crippen molar-refractivity contribution < 1.29 is 0 Å². The lowest BCUT2D eigenvalue weighted by Crippen LogP contribution is -2.28. The standard InChI is InChI=1S/C50H40P2S2Si/c1-55(2)49(43-33-35-45(53-43)51(39-25-13-5-14-26-39)40-27-15-6-16-28-40)47(37-21-9-3-10-22-37)48(38-23-11-4-12-24-38)50(55)44-34-36-46(54-44)52(41-29-17-7-18-30-41)42-31-19-8-20-32-42/h3-36H,1-2H3. The molecule has 1 aliphatic rings. The second-order valence-electron chi connectivity index (χ2n) is 14.1. The van der Waals surface area contributed by atoms with Crippen molar-refractivity contribution in [2.24, 2.45) is 0 Å². The maximum Gasteiger partial charge on any atom is 0.117 e. The van der Waals surface area contributed by atoms with Gasteiger partial charge in [0.15, 0.2) is 0 Å². The van der Waals surface area contributed by atoms with Gasteiger partial charge in [-0.15, -0.1) is 22.7 Å². The lowest BCUT2D eigenvalue weighted by Gasteiger charge is -2.25. The van der Waals surface area contributed by atoms with Crippen molar-refractivity contribution in [1.29, 1.82) is 0 Å². The Morgan fingerprint density at radius 3 is 0.891 bits per heavy atom. The van der Waals surface area contributed by atoms with E-state index in [0.717, 1.165) is 0 Å². The molecule has 0 fully saturated rings. The molecule has 0 nitrogen and oxygen atoms in total. The summed E-state index contributed by atoms with van der Waals surface area (Å²) in [4.78, 5) is 2.81. The number of benzene rings is 6. The van der Waals surface area contributed by atoms with Gasteiger partial charge in [-0.05, 0) is 94.0 Å². The molecule has 0 radical (unpaired) electrons. The van der Waals surface area contributed by atoms with Gasteiger partial charge < -0.3 is 0 Å². The van der Waals surface area contributed by atoms with Crippen molar-refractivity contribution in [1.82, 2.24) is 0 Å². The Bertz CT molecular complexity index is 2330. The van der Waals surface area contributed by atoms with Crippen LogP contribution < -0.4 is 30.5 Å². The lowest BCUT2D eigenvalue weighted by atomic mass is 9.91. The number of rotatable bonds is 10. The molecular weight excluding hydrogens is 755 g/mol. The van der Waals surface area contributed by atoms with Crippen LogP contribution in [0.3, 0.4) is 0 Å². The van der Waals surface area contributed by atoms with Gasteiger partial charge in [0.25, 0.3) is 0 Å². The predicted molar refractivity (Wildman–Crippen MR) is 250 cm³/mol. The molecule has 0 bridgehead atoms. The molecule has 5 heteroatoms. The summed E-state index contributed by atoms with van der Waals surface area (Å²) in [6.45, 7) is 5.20. The second-order valence-corrected chi connectivity index (χ2v) is 25.5. The summed E-state index contributed by atoms with van der Waals surface area (Å²) in [5, 5.41) is 8.65. The van der Waals surface area contributed by atoms with Crippen LogP contribution in [0.4, 0.5) is 0 Å². The van der Waals surface area contributed by atoms with Gasteiger partial charge in [-0.2, -0.15) is 0 Å². The van der Waals surface area contributed by atoms with E-state index in [9.17, 15) is 0 Å². The van der Waals surface area contributed by atoms with Crippen molar-refractivity contribution in [3.05, 3.63) is 227 Å². The highest BCUT2D eigenvalue weighted by Gasteiger charge is 2.45. The Kier molecular flexibility index (Phi) is 10.3. The quantitative estimate of drug-likeness (QED) is 0.0955. The summed E-state index contributed by atoms with van der Waals surface area (Å²) in [5.74, 6) is 0. The lowest BCUT2D eigenvalue weighted by molar-refractivity contribution is 1.60. The Morgan fingerprint density at radius 2 is 0.600 bits per heavy atom. The number of thiophene rings is 2. The van der Waals surface area contributed by atoms with Crippen molar-refractivity contribution >= 4 is 98.6 Å². The Hall–Kier alpha value is -4.72. The molecule has 1 aliphatic heterocycles. The molecule has 0 aliphatic carbocycles. The summed E-state index contributed by atoms with van der Waals surface area (Å²) < 4.78 is 2.88. The summed E-state index contributed by atoms with van der Waals surface area (Å²) in [5.41, 5.74) is 5.39. The monoisotopic (exact) mass is 794 g/mol. The fourth-order valence-electron chi connectivity index (χ4n) is 7.93. The molecule has 8 aromatic rings. The van der Waals surface area contributed by atoms with E-state index in [2.05, 4.69) is 219 Å². The first-order valence-electron chi connectivity index (χ1n) is 18.7. The van der Waals surface area contributed by atoms with Crippen LogP contribution in [0.2, 0.25) is 13.1 Å². The molecule has 2 aromatic heterocycles. The first-order chi connectivity index (χ1) is 27.1. The molecule has 9 rings (SSSR count). The third-order valence-corrected chi connectivity index (χ3v) is 22.1. The van der Waals surface area contributed by atoms with E-state index < -0.39 is 23.9 Å². The van der Waals surface area contributed by atoms with Crippen LogP contribution in [0.5, 0.6) is 0 Å². The van der Waals surface area contributed by atoms with E-state index in [4.69, 9.17) is 0 Å². The fraction of sp³-hybridized carbons (Fsp3) is 0.0400. The zero-order chi connectivity index (χ0) is 37.2. The van der Waals surface area contributed by atoms with Crippen LogP contribution in [0.1, 0.15) is 20.9 Å². The van der Waals surface area contributed by atoms with E-state index >= 15 is 0 Å². The number of hydrogen-bond acceptors (Lipinski definition) is 2. The zero-order valence-corrected chi connectivity index (χ0v) is 35.3. The van der Waals surface area contributed by atoms with Gasteiger partial charge in [0.05, 0.1) is 0 Å². The largest absolute Gasteiger partial charge is 0.135 e. The third-order valence-electron chi connectivity index (χ3n) is 10.3. The highest BCUT2D eigenvalue weighted by Crippen LogP contribution is 2.57. The average molecular weight is 795 g/mol. The first kappa shape index (κ1) is 35.9. The van der Waals surface area contributed by atoms with Crippen LogP contribution in [0, 0.1) is 0 Å². The molecule has 0 saturated carbocycles.